The Hall–Kier alpha value is -2.66. The summed E-state index contributed by atoms with van der Waals surface area (Å²) in [5.41, 5.74) is 3.18. The third-order valence-electron chi connectivity index (χ3n) is 4.02. The molecule has 0 radical (unpaired) electrons. The fourth-order valence-corrected chi connectivity index (χ4v) is 3.67. The molecule has 1 atom stereocenters. The lowest BCUT2D eigenvalue weighted by atomic mass is 10.1. The van der Waals surface area contributed by atoms with Crippen molar-refractivity contribution in [2.24, 2.45) is 0 Å². The molecule has 0 saturated carbocycles. The van der Waals surface area contributed by atoms with E-state index in [4.69, 9.17) is 9.51 Å². The van der Waals surface area contributed by atoms with E-state index in [0.717, 1.165) is 16.1 Å². The van der Waals surface area contributed by atoms with Crippen molar-refractivity contribution in [2.45, 2.75) is 24.1 Å². The number of para-hydroxylation sites is 1. The van der Waals surface area contributed by atoms with Crippen molar-refractivity contribution in [2.75, 3.05) is 0 Å². The number of benzene rings is 2. The molecule has 4 aromatic rings. The molecule has 25 heavy (non-hydrogen) atoms. The predicted octanol–water partition coefficient (Wildman–Crippen LogP) is 5.45. The Bertz CT molecular complexity index is 1010. The van der Waals surface area contributed by atoms with E-state index in [2.05, 4.69) is 36.1 Å². The second-order valence-corrected chi connectivity index (χ2v) is 7.24. The SMILES string of the molecule is Cc1cc(SC(C)c2nc(-c3ccccc3)no2)nc2ccccc12. The van der Waals surface area contributed by atoms with E-state index in [-0.39, 0.29) is 5.25 Å². The predicted molar refractivity (Wildman–Crippen MR) is 100 cm³/mol. The molecule has 4 nitrogen and oxygen atoms in total. The van der Waals surface area contributed by atoms with Gasteiger partial charge < -0.3 is 4.52 Å². The number of thioether (sulfide) groups is 1. The Balaban J connectivity index is 1.58. The summed E-state index contributed by atoms with van der Waals surface area (Å²) in [6.45, 7) is 4.16. The highest BCUT2D eigenvalue weighted by Gasteiger charge is 2.17. The summed E-state index contributed by atoms with van der Waals surface area (Å²) in [5, 5.41) is 6.27. The van der Waals surface area contributed by atoms with Crippen LogP contribution in [-0.4, -0.2) is 15.1 Å². The van der Waals surface area contributed by atoms with Crippen LogP contribution in [0.25, 0.3) is 22.3 Å². The lowest BCUT2D eigenvalue weighted by Crippen LogP contribution is -1.92. The molecule has 0 amide bonds. The molecule has 0 aliphatic carbocycles. The number of nitrogens with zero attached hydrogens (tertiary/aromatic N) is 3. The molecule has 1 unspecified atom stereocenters. The van der Waals surface area contributed by atoms with E-state index in [0.29, 0.717) is 11.7 Å². The van der Waals surface area contributed by atoms with Gasteiger partial charge in [-0.1, -0.05) is 65.4 Å². The highest BCUT2D eigenvalue weighted by Crippen LogP contribution is 2.35. The normalized spacial score (nSPS) is 12.4. The summed E-state index contributed by atoms with van der Waals surface area (Å²) in [5.74, 6) is 1.22. The van der Waals surface area contributed by atoms with E-state index in [9.17, 15) is 0 Å². The first-order valence-electron chi connectivity index (χ1n) is 8.13. The van der Waals surface area contributed by atoms with Crippen molar-refractivity contribution in [3.8, 4) is 11.4 Å². The summed E-state index contributed by atoms with van der Waals surface area (Å²) in [6.07, 6.45) is 0. The lowest BCUT2D eigenvalue weighted by molar-refractivity contribution is 0.380. The van der Waals surface area contributed by atoms with Gasteiger partial charge in [0.2, 0.25) is 11.7 Å². The minimum absolute atomic E-state index is 0.0259. The molecule has 5 heteroatoms. The van der Waals surface area contributed by atoms with Crippen LogP contribution in [0, 0.1) is 6.92 Å². The van der Waals surface area contributed by atoms with Crippen molar-refractivity contribution in [1.29, 1.82) is 0 Å². The zero-order valence-corrected chi connectivity index (χ0v) is 14.8. The molecule has 124 valence electrons. The molecular weight excluding hydrogens is 330 g/mol. The van der Waals surface area contributed by atoms with Gasteiger partial charge in [-0.15, -0.1) is 0 Å². The molecule has 0 fully saturated rings. The number of hydrogen-bond donors (Lipinski definition) is 0. The molecule has 0 N–H and O–H groups in total. The zero-order chi connectivity index (χ0) is 17.2. The Labute approximate surface area is 150 Å². The van der Waals surface area contributed by atoms with Crippen LogP contribution in [0.4, 0.5) is 0 Å². The van der Waals surface area contributed by atoms with Gasteiger partial charge >= 0.3 is 0 Å². The van der Waals surface area contributed by atoms with Crippen LogP contribution < -0.4 is 0 Å². The van der Waals surface area contributed by atoms with Gasteiger partial charge in [-0.3, -0.25) is 0 Å². The number of pyridine rings is 1. The number of hydrogen-bond acceptors (Lipinski definition) is 5. The summed E-state index contributed by atoms with van der Waals surface area (Å²) in [4.78, 5) is 9.27. The van der Waals surface area contributed by atoms with E-state index < -0.39 is 0 Å². The fraction of sp³-hybridized carbons (Fsp3) is 0.150. The number of aryl methyl sites for hydroxylation is 1. The molecule has 0 aliphatic rings. The third kappa shape index (κ3) is 3.28. The van der Waals surface area contributed by atoms with Gasteiger partial charge in [-0.2, -0.15) is 4.98 Å². The third-order valence-corrected chi connectivity index (χ3v) is 5.02. The summed E-state index contributed by atoms with van der Waals surface area (Å²) >= 11 is 1.63. The van der Waals surface area contributed by atoms with Gasteiger partial charge in [0.15, 0.2) is 0 Å². The average molecular weight is 347 g/mol. The monoisotopic (exact) mass is 347 g/mol. The number of aromatic nitrogens is 3. The van der Waals surface area contributed by atoms with Crippen molar-refractivity contribution >= 4 is 22.7 Å². The second-order valence-electron chi connectivity index (χ2n) is 5.88. The maximum absolute atomic E-state index is 5.46. The van der Waals surface area contributed by atoms with Crippen molar-refractivity contribution in [3.63, 3.8) is 0 Å². The van der Waals surface area contributed by atoms with Gasteiger partial charge in [0, 0.05) is 10.9 Å². The Kier molecular flexibility index (Phi) is 4.24. The standard InChI is InChI=1S/C20H17N3OS/c1-13-12-18(21-17-11-7-6-10-16(13)17)25-14(2)20-22-19(23-24-20)15-8-4-3-5-9-15/h3-12,14H,1-2H3. The number of rotatable bonds is 4. The van der Waals surface area contributed by atoms with E-state index >= 15 is 0 Å². The summed E-state index contributed by atoms with van der Waals surface area (Å²) in [6, 6.07) is 20.1. The first-order valence-corrected chi connectivity index (χ1v) is 9.01. The van der Waals surface area contributed by atoms with Gasteiger partial charge in [0.1, 0.15) is 0 Å². The Morgan fingerprint density at radius 1 is 0.960 bits per heavy atom. The minimum Gasteiger partial charge on any atom is -0.338 e. The van der Waals surface area contributed by atoms with Crippen molar-refractivity contribution in [1.82, 2.24) is 15.1 Å². The highest BCUT2D eigenvalue weighted by molar-refractivity contribution is 7.99. The van der Waals surface area contributed by atoms with E-state index in [1.165, 1.54) is 10.9 Å². The van der Waals surface area contributed by atoms with E-state index in [1.807, 2.05) is 48.5 Å². The molecule has 0 aliphatic heterocycles. The van der Waals surface area contributed by atoms with Crippen LogP contribution >= 0.6 is 11.8 Å². The van der Waals surface area contributed by atoms with Crippen LogP contribution in [0.3, 0.4) is 0 Å². The first kappa shape index (κ1) is 15.8. The second kappa shape index (κ2) is 6.69. The maximum atomic E-state index is 5.46. The quantitative estimate of drug-likeness (QED) is 0.460. The van der Waals surface area contributed by atoms with Gasteiger partial charge in [-0.25, -0.2) is 4.98 Å². The van der Waals surface area contributed by atoms with Crippen LogP contribution in [0.1, 0.15) is 23.6 Å². The Morgan fingerprint density at radius 3 is 2.56 bits per heavy atom. The van der Waals surface area contributed by atoms with Crippen LogP contribution in [0.2, 0.25) is 0 Å². The fourth-order valence-electron chi connectivity index (χ4n) is 2.72. The van der Waals surface area contributed by atoms with Crippen LogP contribution in [0.15, 0.2) is 70.2 Å². The zero-order valence-electron chi connectivity index (χ0n) is 14.0. The summed E-state index contributed by atoms with van der Waals surface area (Å²) in [7, 11) is 0. The average Bonchev–Trinajstić information content (AvgIpc) is 3.13. The molecule has 2 aromatic heterocycles. The topological polar surface area (TPSA) is 51.8 Å². The first-order chi connectivity index (χ1) is 12.2. The van der Waals surface area contributed by atoms with E-state index in [1.54, 1.807) is 11.8 Å². The van der Waals surface area contributed by atoms with Crippen LogP contribution in [-0.2, 0) is 0 Å². The summed E-state index contributed by atoms with van der Waals surface area (Å²) < 4.78 is 5.46. The van der Waals surface area contributed by atoms with Crippen molar-refractivity contribution < 1.29 is 4.52 Å². The lowest BCUT2D eigenvalue weighted by Gasteiger charge is -2.08. The molecular formula is C20H17N3OS. The largest absolute Gasteiger partial charge is 0.338 e. The molecule has 0 bridgehead atoms. The smallest absolute Gasteiger partial charge is 0.240 e. The van der Waals surface area contributed by atoms with Gasteiger partial charge in [0.05, 0.1) is 15.8 Å². The van der Waals surface area contributed by atoms with Crippen molar-refractivity contribution in [3.05, 3.63) is 72.1 Å². The minimum atomic E-state index is 0.0259. The van der Waals surface area contributed by atoms with Gasteiger partial charge in [0.25, 0.3) is 0 Å². The molecule has 4 rings (SSSR count). The number of fused-ring (bicyclic) bond motifs is 1. The molecule has 0 saturated heterocycles. The van der Waals surface area contributed by atoms with Gasteiger partial charge in [-0.05, 0) is 31.5 Å². The molecule has 0 spiro atoms. The van der Waals surface area contributed by atoms with Crippen LogP contribution in [0.5, 0.6) is 0 Å². The Morgan fingerprint density at radius 2 is 1.72 bits per heavy atom. The molecule has 2 heterocycles. The maximum Gasteiger partial charge on any atom is 0.240 e. The highest BCUT2D eigenvalue weighted by atomic mass is 32.2. The molecule has 2 aromatic carbocycles.